The van der Waals surface area contributed by atoms with E-state index in [1.165, 1.54) is 38.5 Å². The molecular weight excluding hydrogens is 336 g/mol. The summed E-state index contributed by atoms with van der Waals surface area (Å²) in [5, 5.41) is 0. The molecule has 0 amide bonds. The van der Waals surface area contributed by atoms with Crippen LogP contribution in [0.5, 0.6) is 0 Å². The van der Waals surface area contributed by atoms with E-state index in [-0.39, 0.29) is 0 Å². The zero-order valence-electron chi connectivity index (χ0n) is 16.3. The first-order valence-corrected chi connectivity index (χ1v) is 11.9. The van der Waals surface area contributed by atoms with E-state index in [0.717, 1.165) is 24.3 Å². The van der Waals surface area contributed by atoms with Gasteiger partial charge < -0.3 is 0 Å². The van der Waals surface area contributed by atoms with Crippen LogP contribution in [0.4, 0.5) is 0 Å². The molecular formula is C20H38O2S2. The van der Waals surface area contributed by atoms with Crippen LogP contribution < -0.4 is 0 Å². The van der Waals surface area contributed by atoms with Crippen LogP contribution in [0, 0.1) is 11.8 Å². The second kappa shape index (κ2) is 16.5. The summed E-state index contributed by atoms with van der Waals surface area (Å²) >= 11 is 3.60. The molecule has 4 heteroatoms. The molecule has 24 heavy (non-hydrogen) atoms. The first-order valence-electron chi connectivity index (χ1n) is 9.60. The Bertz CT molecular complexity index is 296. The van der Waals surface area contributed by atoms with Gasteiger partial charge in [0.05, 0.1) is 11.5 Å². The van der Waals surface area contributed by atoms with Crippen LogP contribution in [-0.2, 0) is 9.59 Å². The number of rotatable bonds is 17. The average molecular weight is 375 g/mol. The molecule has 0 saturated carbocycles. The maximum absolute atomic E-state index is 11.6. The van der Waals surface area contributed by atoms with Gasteiger partial charge in [-0.2, -0.15) is 23.5 Å². The van der Waals surface area contributed by atoms with Gasteiger partial charge in [0.2, 0.25) is 0 Å². The average Bonchev–Trinajstić information content (AvgIpc) is 2.46. The molecule has 0 aliphatic carbocycles. The molecule has 0 fully saturated rings. The highest BCUT2D eigenvalue weighted by atomic mass is 32.2. The predicted octanol–water partition coefficient (Wildman–Crippen LogP) is 6.02. The third kappa shape index (κ3) is 18.4. The van der Waals surface area contributed by atoms with Crippen molar-refractivity contribution in [1.82, 2.24) is 0 Å². The molecule has 0 aromatic heterocycles. The molecule has 142 valence electrons. The summed E-state index contributed by atoms with van der Waals surface area (Å²) in [5.74, 6) is 5.43. The summed E-state index contributed by atoms with van der Waals surface area (Å²) in [6.07, 6.45) is 9.10. The van der Waals surface area contributed by atoms with E-state index in [1.54, 1.807) is 23.5 Å². The molecule has 0 aromatic carbocycles. The number of hydrogen-bond acceptors (Lipinski definition) is 4. The predicted molar refractivity (Wildman–Crippen MR) is 111 cm³/mol. The van der Waals surface area contributed by atoms with E-state index >= 15 is 0 Å². The lowest BCUT2D eigenvalue weighted by Gasteiger charge is -2.05. The summed E-state index contributed by atoms with van der Waals surface area (Å²) in [5.41, 5.74) is 0. The fraction of sp³-hybridized carbons (Fsp3) is 0.900. The summed E-state index contributed by atoms with van der Waals surface area (Å²) < 4.78 is 0. The SMILES string of the molecule is CC(C)CC(=O)CSCCCCCCCCSCC(=O)CC(C)C. The van der Waals surface area contributed by atoms with Crippen LogP contribution in [0.3, 0.4) is 0 Å². The first-order chi connectivity index (χ1) is 11.4. The third-order valence-electron chi connectivity index (χ3n) is 3.63. The van der Waals surface area contributed by atoms with Gasteiger partial charge in [0, 0.05) is 12.8 Å². The number of thioether (sulfide) groups is 2. The van der Waals surface area contributed by atoms with Crippen molar-refractivity contribution >= 4 is 35.1 Å². The van der Waals surface area contributed by atoms with Crippen LogP contribution in [0.15, 0.2) is 0 Å². The Morgan fingerprint density at radius 1 is 0.625 bits per heavy atom. The monoisotopic (exact) mass is 374 g/mol. The third-order valence-corrected chi connectivity index (χ3v) is 5.83. The molecule has 0 aromatic rings. The van der Waals surface area contributed by atoms with Crippen LogP contribution in [0.2, 0.25) is 0 Å². The molecule has 0 rings (SSSR count). The number of Topliss-reactive ketones (excluding diaryl/α,β-unsaturated/α-hetero) is 2. The topological polar surface area (TPSA) is 34.1 Å². The molecule has 0 aliphatic heterocycles. The second-order valence-electron chi connectivity index (χ2n) is 7.50. The quantitative estimate of drug-likeness (QED) is 0.291. The maximum Gasteiger partial charge on any atom is 0.142 e. The lowest BCUT2D eigenvalue weighted by atomic mass is 10.1. The van der Waals surface area contributed by atoms with Crippen LogP contribution >= 0.6 is 23.5 Å². The van der Waals surface area contributed by atoms with Gasteiger partial charge in [-0.05, 0) is 36.2 Å². The van der Waals surface area contributed by atoms with Gasteiger partial charge >= 0.3 is 0 Å². The minimum absolute atomic E-state index is 0.402. The van der Waals surface area contributed by atoms with E-state index in [4.69, 9.17) is 0 Å². The zero-order chi connectivity index (χ0) is 18.2. The highest BCUT2D eigenvalue weighted by molar-refractivity contribution is 8.00. The highest BCUT2D eigenvalue weighted by Gasteiger charge is 2.05. The van der Waals surface area contributed by atoms with Gasteiger partial charge in [0.25, 0.3) is 0 Å². The Hall–Kier alpha value is 0.0400. The van der Waals surface area contributed by atoms with Crippen molar-refractivity contribution in [3.05, 3.63) is 0 Å². The van der Waals surface area contributed by atoms with E-state index in [9.17, 15) is 9.59 Å². The van der Waals surface area contributed by atoms with Crippen LogP contribution in [-0.4, -0.2) is 34.6 Å². The molecule has 2 nitrogen and oxygen atoms in total. The van der Waals surface area contributed by atoms with Crippen molar-refractivity contribution in [2.45, 2.75) is 79.1 Å². The fourth-order valence-electron chi connectivity index (χ4n) is 2.52. The zero-order valence-corrected chi connectivity index (χ0v) is 17.9. The van der Waals surface area contributed by atoms with Crippen LogP contribution in [0.1, 0.15) is 79.1 Å². The van der Waals surface area contributed by atoms with Crippen molar-refractivity contribution in [3.63, 3.8) is 0 Å². The molecule has 0 aliphatic rings. The van der Waals surface area contributed by atoms with Crippen molar-refractivity contribution in [2.75, 3.05) is 23.0 Å². The van der Waals surface area contributed by atoms with E-state index in [1.807, 2.05) is 0 Å². The Morgan fingerprint density at radius 2 is 0.958 bits per heavy atom. The number of carbonyl (C=O) groups excluding carboxylic acids is 2. The second-order valence-corrected chi connectivity index (χ2v) is 9.71. The molecule has 0 N–H and O–H groups in total. The van der Waals surface area contributed by atoms with Crippen molar-refractivity contribution in [2.24, 2.45) is 11.8 Å². The van der Waals surface area contributed by atoms with Gasteiger partial charge in [-0.1, -0.05) is 53.4 Å². The number of carbonyl (C=O) groups is 2. The summed E-state index contributed by atoms with van der Waals surface area (Å²) in [7, 11) is 0. The van der Waals surface area contributed by atoms with Gasteiger partial charge in [-0.15, -0.1) is 0 Å². The Kier molecular flexibility index (Phi) is 16.5. The molecule has 0 bridgehead atoms. The molecule has 0 atom stereocenters. The Morgan fingerprint density at radius 3 is 1.29 bits per heavy atom. The molecule has 0 spiro atoms. The fourth-order valence-corrected chi connectivity index (χ4v) is 4.31. The molecule has 0 radical (unpaired) electrons. The minimum atomic E-state index is 0.402. The molecule has 0 unspecified atom stereocenters. The van der Waals surface area contributed by atoms with Gasteiger partial charge in [0.1, 0.15) is 11.6 Å². The van der Waals surface area contributed by atoms with E-state index in [0.29, 0.717) is 34.9 Å². The highest BCUT2D eigenvalue weighted by Crippen LogP contribution is 2.14. The molecule has 0 heterocycles. The van der Waals surface area contributed by atoms with Gasteiger partial charge in [-0.25, -0.2) is 0 Å². The smallest absolute Gasteiger partial charge is 0.142 e. The first kappa shape index (κ1) is 24.0. The van der Waals surface area contributed by atoms with Crippen molar-refractivity contribution in [1.29, 1.82) is 0 Å². The normalized spacial score (nSPS) is 11.4. The summed E-state index contributed by atoms with van der Waals surface area (Å²) in [6, 6.07) is 0. The van der Waals surface area contributed by atoms with E-state index in [2.05, 4.69) is 27.7 Å². The van der Waals surface area contributed by atoms with Crippen molar-refractivity contribution < 1.29 is 9.59 Å². The van der Waals surface area contributed by atoms with Crippen molar-refractivity contribution in [3.8, 4) is 0 Å². The largest absolute Gasteiger partial charge is 0.299 e. The Balaban J connectivity index is 3.20. The standard InChI is InChI=1S/C20H38O2S2/c1-17(2)13-19(21)15-23-11-9-7-5-6-8-10-12-24-16-20(22)14-18(3)4/h17-18H,5-16H2,1-4H3. The maximum atomic E-state index is 11.6. The Labute approximate surface area is 158 Å². The van der Waals surface area contributed by atoms with Gasteiger partial charge in [-0.3, -0.25) is 9.59 Å². The lowest BCUT2D eigenvalue weighted by Crippen LogP contribution is -2.05. The summed E-state index contributed by atoms with van der Waals surface area (Å²) in [6.45, 7) is 8.41. The van der Waals surface area contributed by atoms with E-state index < -0.39 is 0 Å². The van der Waals surface area contributed by atoms with Crippen LogP contribution in [0.25, 0.3) is 0 Å². The number of hydrogen-bond donors (Lipinski definition) is 0. The summed E-state index contributed by atoms with van der Waals surface area (Å²) in [4.78, 5) is 23.1. The molecule has 0 saturated heterocycles. The lowest BCUT2D eigenvalue weighted by molar-refractivity contribution is -0.118. The number of ketones is 2. The minimum Gasteiger partial charge on any atom is -0.299 e. The number of unbranched alkanes of at least 4 members (excludes halogenated alkanes) is 5. The van der Waals surface area contributed by atoms with Gasteiger partial charge in [0.15, 0.2) is 0 Å².